The van der Waals surface area contributed by atoms with Gasteiger partial charge in [-0.05, 0) is 78.4 Å². The molecule has 0 saturated carbocycles. The van der Waals surface area contributed by atoms with E-state index in [1.807, 2.05) is 24.3 Å². The van der Waals surface area contributed by atoms with Crippen molar-refractivity contribution in [3.63, 3.8) is 0 Å². The van der Waals surface area contributed by atoms with E-state index in [1.54, 1.807) is 0 Å². The zero-order valence-corrected chi connectivity index (χ0v) is 28.0. The van der Waals surface area contributed by atoms with Gasteiger partial charge in [-0.15, -0.1) is 0 Å². The van der Waals surface area contributed by atoms with E-state index < -0.39 is 0 Å². The third-order valence-electron chi connectivity index (χ3n) is 10.4. The van der Waals surface area contributed by atoms with Gasteiger partial charge in [0, 0.05) is 60.6 Å². The van der Waals surface area contributed by atoms with Crippen LogP contribution in [0.1, 0.15) is 0 Å². The number of aromatic nitrogens is 1. The molecule has 0 aliphatic heterocycles. The molecule has 0 bridgehead atoms. The molecule has 0 aliphatic rings. The lowest BCUT2D eigenvalue weighted by atomic mass is 10.0. The quantitative estimate of drug-likeness (QED) is 0.183. The van der Waals surface area contributed by atoms with Gasteiger partial charge in [-0.1, -0.05) is 109 Å². The Bertz CT molecular complexity index is 3130. The van der Waals surface area contributed by atoms with Crippen molar-refractivity contribution in [3.05, 3.63) is 182 Å². The predicted octanol–water partition coefficient (Wildman–Crippen LogP) is 13.7. The Labute approximate surface area is 299 Å². The number of fused-ring (bicyclic) bond motifs is 9. The standard InChI is InChI=1S/C48H30N2O2/c1-2-11-32(12-3-1)49(33-23-21-31(22-24-33)36-16-10-17-41-39-14-5-9-20-46(39)52-48(36)41)35-25-27-38-37-13-4-7-18-43(37)50(44(38)30-35)34-26-28-47-42(29-34)40-15-6-8-19-45(40)51-47/h1-30H. The van der Waals surface area contributed by atoms with Crippen molar-refractivity contribution in [1.29, 1.82) is 0 Å². The summed E-state index contributed by atoms with van der Waals surface area (Å²) in [6.07, 6.45) is 0. The van der Waals surface area contributed by atoms with E-state index in [-0.39, 0.29) is 0 Å². The molecule has 3 aromatic heterocycles. The highest BCUT2D eigenvalue weighted by Gasteiger charge is 2.19. The van der Waals surface area contributed by atoms with Crippen molar-refractivity contribution in [2.75, 3.05) is 4.90 Å². The van der Waals surface area contributed by atoms with Gasteiger partial charge < -0.3 is 18.3 Å². The monoisotopic (exact) mass is 666 g/mol. The number of furan rings is 2. The van der Waals surface area contributed by atoms with Gasteiger partial charge in [0.2, 0.25) is 0 Å². The van der Waals surface area contributed by atoms with E-state index in [1.165, 1.54) is 10.8 Å². The molecule has 11 rings (SSSR count). The van der Waals surface area contributed by atoms with Gasteiger partial charge in [-0.2, -0.15) is 0 Å². The summed E-state index contributed by atoms with van der Waals surface area (Å²) in [5.41, 5.74) is 12.4. The van der Waals surface area contributed by atoms with Crippen LogP contribution < -0.4 is 4.90 Å². The molecule has 8 aromatic carbocycles. The SMILES string of the molecule is c1ccc(N(c2ccc(-c3cccc4c3oc3ccccc34)cc2)c2ccc3c4ccccc4n(-c4ccc5oc6ccccc6c5c4)c3c2)cc1. The Morgan fingerprint density at radius 3 is 1.81 bits per heavy atom. The maximum Gasteiger partial charge on any atom is 0.143 e. The van der Waals surface area contributed by atoms with Crippen LogP contribution in [0.2, 0.25) is 0 Å². The largest absolute Gasteiger partial charge is 0.456 e. The first kappa shape index (κ1) is 28.8. The minimum atomic E-state index is 0.890. The van der Waals surface area contributed by atoms with Crippen molar-refractivity contribution >= 4 is 82.7 Å². The molecule has 0 spiro atoms. The fourth-order valence-corrected chi connectivity index (χ4v) is 8.02. The first-order valence-corrected chi connectivity index (χ1v) is 17.6. The van der Waals surface area contributed by atoms with Gasteiger partial charge in [-0.3, -0.25) is 0 Å². The van der Waals surface area contributed by atoms with Crippen LogP contribution in [0.3, 0.4) is 0 Å². The number of anilines is 3. The Balaban J connectivity index is 1.08. The zero-order valence-electron chi connectivity index (χ0n) is 28.0. The van der Waals surface area contributed by atoms with Crippen LogP contribution in [-0.4, -0.2) is 4.57 Å². The molecule has 4 nitrogen and oxygen atoms in total. The summed E-state index contributed by atoms with van der Waals surface area (Å²) in [4.78, 5) is 2.33. The second kappa shape index (κ2) is 11.2. The van der Waals surface area contributed by atoms with Crippen molar-refractivity contribution in [1.82, 2.24) is 4.57 Å². The molecule has 0 N–H and O–H groups in total. The predicted molar refractivity (Wildman–Crippen MR) is 215 cm³/mol. The van der Waals surface area contributed by atoms with Crippen LogP contribution in [0.5, 0.6) is 0 Å². The number of rotatable bonds is 5. The lowest BCUT2D eigenvalue weighted by molar-refractivity contribution is 0.669. The van der Waals surface area contributed by atoms with Gasteiger partial charge >= 0.3 is 0 Å². The Hall–Kier alpha value is -7.04. The molecule has 4 heteroatoms. The van der Waals surface area contributed by atoms with E-state index in [2.05, 4.69) is 167 Å². The molecular weight excluding hydrogens is 637 g/mol. The van der Waals surface area contributed by atoms with Crippen LogP contribution in [0.25, 0.3) is 82.5 Å². The maximum atomic E-state index is 6.39. The summed E-state index contributed by atoms with van der Waals surface area (Å²) in [5.74, 6) is 0. The van der Waals surface area contributed by atoms with Crippen LogP contribution in [0.15, 0.2) is 191 Å². The van der Waals surface area contributed by atoms with E-state index in [4.69, 9.17) is 8.83 Å². The molecule has 0 fully saturated rings. The average Bonchev–Trinajstić information content (AvgIpc) is 3.88. The Kier molecular flexibility index (Phi) is 6.22. The highest BCUT2D eigenvalue weighted by Crippen LogP contribution is 2.42. The molecular formula is C48H30N2O2. The van der Waals surface area contributed by atoms with Gasteiger partial charge in [0.15, 0.2) is 0 Å². The second-order valence-electron chi connectivity index (χ2n) is 13.3. The average molecular weight is 667 g/mol. The first-order valence-electron chi connectivity index (χ1n) is 17.6. The van der Waals surface area contributed by atoms with Crippen LogP contribution >= 0.6 is 0 Å². The number of para-hydroxylation sites is 5. The Morgan fingerprint density at radius 1 is 0.365 bits per heavy atom. The maximum absolute atomic E-state index is 6.39. The number of benzene rings is 8. The summed E-state index contributed by atoms with van der Waals surface area (Å²) in [6, 6.07) is 64.3. The summed E-state index contributed by atoms with van der Waals surface area (Å²) in [7, 11) is 0. The third-order valence-corrected chi connectivity index (χ3v) is 10.4. The number of hydrogen-bond donors (Lipinski definition) is 0. The number of nitrogens with zero attached hydrogens (tertiary/aromatic N) is 2. The molecule has 52 heavy (non-hydrogen) atoms. The first-order chi connectivity index (χ1) is 25.8. The smallest absolute Gasteiger partial charge is 0.143 e. The summed E-state index contributed by atoms with van der Waals surface area (Å²) in [6.45, 7) is 0. The van der Waals surface area contributed by atoms with Crippen LogP contribution in [-0.2, 0) is 0 Å². The summed E-state index contributed by atoms with van der Waals surface area (Å²) >= 11 is 0. The minimum absolute atomic E-state index is 0.890. The zero-order chi connectivity index (χ0) is 34.2. The summed E-state index contributed by atoms with van der Waals surface area (Å²) < 4.78 is 15.0. The molecule has 0 atom stereocenters. The normalized spacial score (nSPS) is 11.8. The molecule has 0 aliphatic carbocycles. The fraction of sp³-hybridized carbons (Fsp3) is 0. The van der Waals surface area contributed by atoms with Gasteiger partial charge in [0.25, 0.3) is 0 Å². The van der Waals surface area contributed by atoms with Crippen molar-refractivity contribution in [2.24, 2.45) is 0 Å². The lowest BCUT2D eigenvalue weighted by Gasteiger charge is -2.26. The fourth-order valence-electron chi connectivity index (χ4n) is 8.02. The molecule has 244 valence electrons. The lowest BCUT2D eigenvalue weighted by Crippen LogP contribution is -2.10. The van der Waals surface area contributed by atoms with Gasteiger partial charge in [0.1, 0.15) is 22.3 Å². The van der Waals surface area contributed by atoms with E-state index in [0.29, 0.717) is 0 Å². The van der Waals surface area contributed by atoms with E-state index in [9.17, 15) is 0 Å². The van der Waals surface area contributed by atoms with Crippen LogP contribution in [0.4, 0.5) is 17.1 Å². The molecule has 0 unspecified atom stereocenters. The van der Waals surface area contributed by atoms with Crippen molar-refractivity contribution in [2.45, 2.75) is 0 Å². The Morgan fingerprint density at radius 2 is 0.981 bits per heavy atom. The second-order valence-corrected chi connectivity index (χ2v) is 13.3. The number of hydrogen-bond acceptors (Lipinski definition) is 3. The molecule has 11 aromatic rings. The summed E-state index contributed by atoms with van der Waals surface area (Å²) in [5, 5.41) is 6.93. The molecule has 3 heterocycles. The van der Waals surface area contributed by atoms with Crippen LogP contribution in [0, 0.1) is 0 Å². The van der Waals surface area contributed by atoms with Crippen molar-refractivity contribution in [3.8, 4) is 16.8 Å². The topological polar surface area (TPSA) is 34.5 Å². The van der Waals surface area contributed by atoms with Crippen molar-refractivity contribution < 1.29 is 8.83 Å². The van der Waals surface area contributed by atoms with Gasteiger partial charge in [-0.25, -0.2) is 0 Å². The van der Waals surface area contributed by atoms with Gasteiger partial charge in [0.05, 0.1) is 11.0 Å². The minimum Gasteiger partial charge on any atom is -0.456 e. The third kappa shape index (κ3) is 4.34. The highest BCUT2D eigenvalue weighted by atomic mass is 16.3. The van der Waals surface area contributed by atoms with E-state index >= 15 is 0 Å². The molecule has 0 amide bonds. The highest BCUT2D eigenvalue weighted by molar-refractivity contribution is 6.12. The molecule has 0 saturated heterocycles. The van der Waals surface area contributed by atoms with E-state index in [0.717, 1.165) is 88.8 Å². The molecule has 0 radical (unpaired) electrons.